The Balaban J connectivity index is 1.80. The van der Waals surface area contributed by atoms with Gasteiger partial charge in [0.1, 0.15) is 0 Å². The van der Waals surface area contributed by atoms with Crippen LogP contribution in [0.3, 0.4) is 0 Å². The number of hydrogen-bond donors (Lipinski definition) is 0. The van der Waals surface area contributed by atoms with Crippen LogP contribution < -0.4 is 0 Å². The van der Waals surface area contributed by atoms with E-state index in [9.17, 15) is 0 Å². The first kappa shape index (κ1) is 7.37. The third kappa shape index (κ3) is 0.891. The molecule has 0 radical (unpaired) electrons. The van der Waals surface area contributed by atoms with Crippen molar-refractivity contribution in [3.63, 3.8) is 0 Å². The summed E-state index contributed by atoms with van der Waals surface area (Å²) in [6.07, 6.45) is 6.04. The summed E-state index contributed by atoms with van der Waals surface area (Å²) in [5.74, 6) is 3.22. The molecule has 2 aliphatic heterocycles. The van der Waals surface area contributed by atoms with E-state index in [4.69, 9.17) is 0 Å². The van der Waals surface area contributed by atoms with Crippen molar-refractivity contribution in [2.24, 2.45) is 17.8 Å². The molecule has 0 bridgehead atoms. The Bertz CT molecular complexity index is 189. The Labute approximate surface area is 75.1 Å². The first-order valence-corrected chi connectivity index (χ1v) is 5.58. The summed E-state index contributed by atoms with van der Waals surface area (Å²) in [7, 11) is 0. The molecular formula is C11H19N. The van der Waals surface area contributed by atoms with Crippen LogP contribution >= 0.6 is 0 Å². The smallest absolute Gasteiger partial charge is 0.0127 e. The molecule has 2 heterocycles. The maximum atomic E-state index is 2.77. The van der Waals surface area contributed by atoms with Gasteiger partial charge < -0.3 is 0 Å². The number of nitrogens with zero attached hydrogens (tertiary/aromatic N) is 1. The van der Waals surface area contributed by atoms with E-state index in [1.165, 1.54) is 38.8 Å². The largest absolute Gasteiger partial charge is 0.300 e. The fraction of sp³-hybridized carbons (Fsp3) is 1.00. The van der Waals surface area contributed by atoms with E-state index in [0.717, 1.165) is 23.8 Å². The molecule has 1 aliphatic carbocycles. The quantitative estimate of drug-likeness (QED) is 0.531. The minimum atomic E-state index is 1.01. The van der Waals surface area contributed by atoms with Gasteiger partial charge in [-0.3, -0.25) is 4.90 Å². The van der Waals surface area contributed by atoms with Crippen LogP contribution in [0.2, 0.25) is 0 Å². The molecule has 0 aromatic rings. The molecule has 4 unspecified atom stereocenters. The van der Waals surface area contributed by atoms with Gasteiger partial charge >= 0.3 is 0 Å². The van der Waals surface area contributed by atoms with Crippen LogP contribution in [0.4, 0.5) is 0 Å². The van der Waals surface area contributed by atoms with Crippen LogP contribution in [-0.4, -0.2) is 24.0 Å². The lowest BCUT2D eigenvalue weighted by molar-refractivity contribution is 0.274. The SMILES string of the molecule is CC1CC2CN3CCCC3C2C1. The Morgan fingerprint density at radius 1 is 1.25 bits per heavy atom. The van der Waals surface area contributed by atoms with Crippen LogP contribution in [0.15, 0.2) is 0 Å². The van der Waals surface area contributed by atoms with Crippen LogP contribution in [0.5, 0.6) is 0 Å². The van der Waals surface area contributed by atoms with Crippen LogP contribution in [0, 0.1) is 17.8 Å². The lowest BCUT2D eigenvalue weighted by atomic mass is 9.92. The standard InChI is InChI=1S/C11H19N/c1-8-5-9-7-12-4-2-3-11(12)10(9)6-8/h8-11H,2-7H2,1H3. The maximum absolute atomic E-state index is 2.77. The first-order valence-electron chi connectivity index (χ1n) is 5.58. The molecule has 0 aromatic carbocycles. The van der Waals surface area contributed by atoms with Gasteiger partial charge in [-0.1, -0.05) is 6.92 Å². The molecule has 0 N–H and O–H groups in total. The van der Waals surface area contributed by atoms with Crippen molar-refractivity contribution in [2.45, 2.75) is 38.6 Å². The third-order valence-electron chi connectivity index (χ3n) is 4.36. The molecule has 1 nitrogen and oxygen atoms in total. The Kier molecular flexibility index (Phi) is 1.52. The second-order valence-corrected chi connectivity index (χ2v) is 5.21. The second-order valence-electron chi connectivity index (χ2n) is 5.21. The van der Waals surface area contributed by atoms with Gasteiger partial charge in [-0.05, 0) is 50.0 Å². The summed E-state index contributed by atoms with van der Waals surface area (Å²) >= 11 is 0. The van der Waals surface area contributed by atoms with E-state index in [2.05, 4.69) is 11.8 Å². The van der Waals surface area contributed by atoms with Crippen molar-refractivity contribution < 1.29 is 0 Å². The van der Waals surface area contributed by atoms with E-state index in [0.29, 0.717) is 0 Å². The number of hydrogen-bond acceptors (Lipinski definition) is 1. The molecule has 4 atom stereocenters. The molecular weight excluding hydrogens is 146 g/mol. The van der Waals surface area contributed by atoms with E-state index in [1.807, 2.05) is 0 Å². The fourth-order valence-corrected chi connectivity index (χ4v) is 3.99. The van der Waals surface area contributed by atoms with Crippen molar-refractivity contribution in [1.29, 1.82) is 0 Å². The van der Waals surface area contributed by atoms with Crippen molar-refractivity contribution in [3.8, 4) is 0 Å². The van der Waals surface area contributed by atoms with Crippen LogP contribution in [-0.2, 0) is 0 Å². The molecule has 0 amide bonds. The normalized spacial score (nSPS) is 52.8. The molecule has 68 valence electrons. The molecule has 0 spiro atoms. The average molecular weight is 165 g/mol. The summed E-state index contributed by atoms with van der Waals surface area (Å²) in [6, 6.07) is 1.01. The van der Waals surface area contributed by atoms with E-state index < -0.39 is 0 Å². The number of fused-ring (bicyclic) bond motifs is 3. The van der Waals surface area contributed by atoms with Gasteiger partial charge in [-0.25, -0.2) is 0 Å². The summed E-state index contributed by atoms with van der Waals surface area (Å²) < 4.78 is 0. The Hall–Kier alpha value is -0.0400. The summed E-state index contributed by atoms with van der Waals surface area (Å²) in [4.78, 5) is 2.77. The van der Waals surface area contributed by atoms with Crippen molar-refractivity contribution in [2.75, 3.05) is 13.1 Å². The van der Waals surface area contributed by atoms with Gasteiger partial charge in [0.25, 0.3) is 0 Å². The van der Waals surface area contributed by atoms with Gasteiger partial charge in [0.05, 0.1) is 0 Å². The zero-order valence-corrected chi connectivity index (χ0v) is 8.00. The Morgan fingerprint density at radius 2 is 2.17 bits per heavy atom. The highest BCUT2D eigenvalue weighted by atomic mass is 15.2. The summed E-state index contributed by atoms with van der Waals surface area (Å²) in [6.45, 7) is 5.29. The van der Waals surface area contributed by atoms with Gasteiger partial charge in [0.2, 0.25) is 0 Å². The van der Waals surface area contributed by atoms with Gasteiger partial charge in [0, 0.05) is 12.6 Å². The summed E-state index contributed by atoms with van der Waals surface area (Å²) in [5.41, 5.74) is 0. The lowest BCUT2D eigenvalue weighted by Gasteiger charge is -2.19. The molecule has 0 aromatic heterocycles. The molecule has 2 saturated heterocycles. The minimum Gasteiger partial charge on any atom is -0.300 e. The van der Waals surface area contributed by atoms with Crippen LogP contribution in [0.25, 0.3) is 0 Å². The van der Waals surface area contributed by atoms with E-state index in [-0.39, 0.29) is 0 Å². The first-order chi connectivity index (χ1) is 5.84. The fourth-order valence-electron chi connectivity index (χ4n) is 3.99. The summed E-state index contributed by atoms with van der Waals surface area (Å²) in [5, 5.41) is 0. The molecule has 3 fully saturated rings. The van der Waals surface area contributed by atoms with Crippen molar-refractivity contribution >= 4 is 0 Å². The predicted octanol–water partition coefficient (Wildman–Crippen LogP) is 2.13. The number of rotatable bonds is 0. The molecule has 1 saturated carbocycles. The van der Waals surface area contributed by atoms with Gasteiger partial charge in [0.15, 0.2) is 0 Å². The maximum Gasteiger partial charge on any atom is 0.0127 e. The minimum absolute atomic E-state index is 1.01. The second kappa shape index (κ2) is 2.47. The topological polar surface area (TPSA) is 3.24 Å². The molecule has 12 heavy (non-hydrogen) atoms. The highest BCUT2D eigenvalue weighted by Gasteiger charge is 2.47. The van der Waals surface area contributed by atoms with Crippen molar-refractivity contribution in [3.05, 3.63) is 0 Å². The average Bonchev–Trinajstić information content (AvgIpc) is 2.59. The molecule has 3 aliphatic rings. The highest BCUT2D eigenvalue weighted by Crippen LogP contribution is 2.47. The lowest BCUT2D eigenvalue weighted by Crippen LogP contribution is -2.26. The molecule has 1 heteroatoms. The van der Waals surface area contributed by atoms with E-state index in [1.54, 1.807) is 0 Å². The van der Waals surface area contributed by atoms with Gasteiger partial charge in [-0.2, -0.15) is 0 Å². The highest BCUT2D eigenvalue weighted by molar-refractivity contribution is 5.00. The monoisotopic (exact) mass is 165 g/mol. The van der Waals surface area contributed by atoms with E-state index >= 15 is 0 Å². The van der Waals surface area contributed by atoms with Crippen LogP contribution in [0.1, 0.15) is 32.6 Å². The molecule has 3 rings (SSSR count). The zero-order chi connectivity index (χ0) is 8.13. The zero-order valence-electron chi connectivity index (χ0n) is 8.00. The third-order valence-corrected chi connectivity index (χ3v) is 4.36. The Morgan fingerprint density at radius 3 is 3.08 bits per heavy atom. The van der Waals surface area contributed by atoms with Gasteiger partial charge in [-0.15, -0.1) is 0 Å². The van der Waals surface area contributed by atoms with Crippen molar-refractivity contribution in [1.82, 2.24) is 4.90 Å². The predicted molar refractivity (Wildman–Crippen MR) is 50.0 cm³/mol.